The summed E-state index contributed by atoms with van der Waals surface area (Å²) in [6.07, 6.45) is 0. The summed E-state index contributed by atoms with van der Waals surface area (Å²) in [6, 6.07) is 7.86. The van der Waals surface area contributed by atoms with E-state index >= 15 is 0 Å². The first-order chi connectivity index (χ1) is 8.22. The molecule has 0 unspecified atom stereocenters. The number of amides is 1. The SMILES string of the molecule is COCCNCC(=O)NCc1cccc(Br)c1.Cl. The monoisotopic (exact) mass is 336 g/mol. The van der Waals surface area contributed by atoms with Gasteiger partial charge >= 0.3 is 0 Å². The van der Waals surface area contributed by atoms with Crippen LogP contribution < -0.4 is 10.6 Å². The third-order valence-corrected chi connectivity index (χ3v) is 2.64. The highest BCUT2D eigenvalue weighted by Crippen LogP contribution is 2.11. The quantitative estimate of drug-likeness (QED) is 0.745. The predicted octanol–water partition coefficient (Wildman–Crippen LogP) is 1.72. The number of rotatable bonds is 7. The molecular weight excluding hydrogens is 320 g/mol. The zero-order chi connectivity index (χ0) is 12.5. The molecule has 6 heteroatoms. The lowest BCUT2D eigenvalue weighted by atomic mass is 10.2. The summed E-state index contributed by atoms with van der Waals surface area (Å²) in [5, 5.41) is 5.83. The number of hydrogen-bond donors (Lipinski definition) is 2. The van der Waals surface area contributed by atoms with Crippen LogP contribution in [0.2, 0.25) is 0 Å². The molecule has 0 spiro atoms. The van der Waals surface area contributed by atoms with Crippen molar-refractivity contribution >= 4 is 34.2 Å². The van der Waals surface area contributed by atoms with E-state index in [1.807, 2.05) is 24.3 Å². The highest BCUT2D eigenvalue weighted by molar-refractivity contribution is 9.10. The molecule has 18 heavy (non-hydrogen) atoms. The van der Waals surface area contributed by atoms with Gasteiger partial charge in [0.05, 0.1) is 13.2 Å². The lowest BCUT2D eigenvalue weighted by Gasteiger charge is -2.06. The van der Waals surface area contributed by atoms with Crippen LogP contribution in [0.25, 0.3) is 0 Å². The average Bonchev–Trinajstić information content (AvgIpc) is 2.32. The Morgan fingerprint density at radius 1 is 1.44 bits per heavy atom. The molecule has 102 valence electrons. The van der Waals surface area contributed by atoms with Gasteiger partial charge in [-0.15, -0.1) is 12.4 Å². The summed E-state index contributed by atoms with van der Waals surface area (Å²) < 4.78 is 5.88. The van der Waals surface area contributed by atoms with E-state index in [1.54, 1.807) is 7.11 Å². The van der Waals surface area contributed by atoms with Crippen molar-refractivity contribution in [2.75, 3.05) is 26.8 Å². The van der Waals surface area contributed by atoms with E-state index in [0.717, 1.165) is 10.0 Å². The van der Waals surface area contributed by atoms with E-state index < -0.39 is 0 Å². The van der Waals surface area contributed by atoms with Gasteiger partial charge in [0.1, 0.15) is 0 Å². The summed E-state index contributed by atoms with van der Waals surface area (Å²) in [6.45, 7) is 2.15. The maximum absolute atomic E-state index is 11.4. The summed E-state index contributed by atoms with van der Waals surface area (Å²) in [7, 11) is 1.63. The van der Waals surface area contributed by atoms with Gasteiger partial charge in [-0.05, 0) is 17.7 Å². The molecule has 1 aromatic carbocycles. The maximum Gasteiger partial charge on any atom is 0.234 e. The molecule has 0 aliphatic rings. The number of nitrogens with one attached hydrogen (secondary N) is 2. The van der Waals surface area contributed by atoms with Gasteiger partial charge in [0.15, 0.2) is 0 Å². The Morgan fingerprint density at radius 3 is 2.89 bits per heavy atom. The summed E-state index contributed by atoms with van der Waals surface area (Å²) >= 11 is 3.39. The van der Waals surface area contributed by atoms with Crippen LogP contribution in [0.3, 0.4) is 0 Å². The van der Waals surface area contributed by atoms with Crippen LogP contribution in [0.1, 0.15) is 5.56 Å². The molecule has 2 N–H and O–H groups in total. The lowest BCUT2D eigenvalue weighted by Crippen LogP contribution is -2.34. The van der Waals surface area contributed by atoms with Gasteiger partial charge in [0.2, 0.25) is 5.91 Å². The normalized spacial score (nSPS) is 9.67. The van der Waals surface area contributed by atoms with Crippen molar-refractivity contribution in [3.05, 3.63) is 34.3 Å². The van der Waals surface area contributed by atoms with Gasteiger partial charge in [-0.25, -0.2) is 0 Å². The first-order valence-electron chi connectivity index (χ1n) is 5.43. The fraction of sp³-hybridized carbons (Fsp3) is 0.417. The minimum absolute atomic E-state index is 0. The van der Waals surface area contributed by atoms with Crippen LogP contribution in [0.5, 0.6) is 0 Å². The zero-order valence-corrected chi connectivity index (χ0v) is 12.6. The molecule has 0 aliphatic carbocycles. The Kier molecular flexibility index (Phi) is 9.96. The number of benzene rings is 1. The first kappa shape index (κ1) is 17.4. The second-order valence-electron chi connectivity index (χ2n) is 3.58. The molecular formula is C12H18BrClN2O2. The van der Waals surface area contributed by atoms with Crippen molar-refractivity contribution in [3.8, 4) is 0 Å². The van der Waals surface area contributed by atoms with Gasteiger partial charge in [-0.3, -0.25) is 4.79 Å². The number of halogens is 2. The maximum atomic E-state index is 11.4. The molecule has 0 fully saturated rings. The second-order valence-corrected chi connectivity index (χ2v) is 4.49. The zero-order valence-electron chi connectivity index (χ0n) is 10.2. The van der Waals surface area contributed by atoms with Gasteiger partial charge in [0.25, 0.3) is 0 Å². The Balaban J connectivity index is 0.00000289. The topological polar surface area (TPSA) is 50.4 Å². The van der Waals surface area contributed by atoms with E-state index in [9.17, 15) is 4.79 Å². The molecule has 4 nitrogen and oxygen atoms in total. The van der Waals surface area contributed by atoms with E-state index in [2.05, 4.69) is 26.6 Å². The van der Waals surface area contributed by atoms with Crippen molar-refractivity contribution in [3.63, 3.8) is 0 Å². The van der Waals surface area contributed by atoms with Gasteiger partial charge in [-0.1, -0.05) is 28.1 Å². The van der Waals surface area contributed by atoms with E-state index in [1.165, 1.54) is 0 Å². The van der Waals surface area contributed by atoms with Crippen LogP contribution in [0.15, 0.2) is 28.7 Å². The molecule has 0 radical (unpaired) electrons. The molecule has 0 atom stereocenters. The highest BCUT2D eigenvalue weighted by Gasteiger charge is 2.00. The third kappa shape index (κ3) is 7.66. The minimum atomic E-state index is -0.0129. The molecule has 0 aromatic heterocycles. The van der Waals surface area contributed by atoms with Gasteiger partial charge < -0.3 is 15.4 Å². The second kappa shape index (κ2) is 10.3. The Bertz CT molecular complexity index is 364. The summed E-state index contributed by atoms with van der Waals surface area (Å²) in [5.41, 5.74) is 1.07. The Hall–Kier alpha value is -0.620. The molecule has 0 heterocycles. The van der Waals surface area contributed by atoms with Crippen LogP contribution in [-0.4, -0.2) is 32.7 Å². The fourth-order valence-corrected chi connectivity index (χ4v) is 1.73. The van der Waals surface area contributed by atoms with Crippen LogP contribution in [0.4, 0.5) is 0 Å². The Labute approximate surface area is 122 Å². The first-order valence-corrected chi connectivity index (χ1v) is 6.22. The molecule has 1 amide bonds. The van der Waals surface area contributed by atoms with Crippen molar-refractivity contribution in [1.82, 2.24) is 10.6 Å². The van der Waals surface area contributed by atoms with Gasteiger partial charge in [-0.2, -0.15) is 0 Å². The van der Waals surface area contributed by atoms with E-state index in [0.29, 0.717) is 26.2 Å². The van der Waals surface area contributed by atoms with Crippen LogP contribution in [-0.2, 0) is 16.1 Å². The van der Waals surface area contributed by atoms with Crippen molar-refractivity contribution < 1.29 is 9.53 Å². The standard InChI is InChI=1S/C12H17BrN2O2.ClH/c1-17-6-5-14-9-12(16)15-8-10-3-2-4-11(13)7-10;/h2-4,7,14H,5-6,8-9H2,1H3,(H,15,16);1H. The van der Waals surface area contributed by atoms with Crippen molar-refractivity contribution in [1.29, 1.82) is 0 Å². The van der Waals surface area contributed by atoms with Gasteiger partial charge in [0, 0.05) is 24.7 Å². The molecule has 0 aliphatic heterocycles. The summed E-state index contributed by atoms with van der Waals surface area (Å²) in [4.78, 5) is 11.4. The molecule has 0 saturated carbocycles. The van der Waals surface area contributed by atoms with Crippen LogP contribution in [0, 0.1) is 0 Å². The average molecular weight is 338 g/mol. The molecule has 0 bridgehead atoms. The number of carbonyl (C=O) groups is 1. The van der Waals surface area contributed by atoms with E-state index in [4.69, 9.17) is 4.74 Å². The molecule has 1 rings (SSSR count). The van der Waals surface area contributed by atoms with E-state index in [-0.39, 0.29) is 18.3 Å². The number of methoxy groups -OCH3 is 1. The fourth-order valence-electron chi connectivity index (χ4n) is 1.29. The third-order valence-electron chi connectivity index (χ3n) is 2.15. The largest absolute Gasteiger partial charge is 0.383 e. The predicted molar refractivity (Wildman–Crippen MR) is 78.0 cm³/mol. The highest BCUT2D eigenvalue weighted by atomic mass is 79.9. The number of carbonyl (C=O) groups excluding carboxylic acids is 1. The smallest absolute Gasteiger partial charge is 0.234 e. The van der Waals surface area contributed by atoms with Crippen molar-refractivity contribution in [2.45, 2.75) is 6.54 Å². The van der Waals surface area contributed by atoms with Crippen molar-refractivity contribution in [2.24, 2.45) is 0 Å². The molecule has 1 aromatic rings. The molecule has 0 saturated heterocycles. The summed E-state index contributed by atoms with van der Waals surface area (Å²) in [5.74, 6) is -0.0129. The van der Waals surface area contributed by atoms with Crippen LogP contribution >= 0.6 is 28.3 Å². The Morgan fingerprint density at radius 2 is 2.22 bits per heavy atom. The number of ether oxygens (including phenoxy) is 1. The number of hydrogen-bond acceptors (Lipinski definition) is 3. The minimum Gasteiger partial charge on any atom is -0.383 e. The lowest BCUT2D eigenvalue weighted by molar-refractivity contribution is -0.120.